The van der Waals surface area contributed by atoms with Crippen molar-refractivity contribution < 1.29 is 4.74 Å². The number of aromatic nitrogens is 1. The van der Waals surface area contributed by atoms with Gasteiger partial charge in [0.15, 0.2) is 0 Å². The molecule has 3 heteroatoms. The van der Waals surface area contributed by atoms with Gasteiger partial charge in [0.25, 0.3) is 0 Å². The second-order valence-corrected chi connectivity index (χ2v) is 6.37. The molecule has 0 aromatic carbocycles. The molecule has 1 aromatic heterocycles. The summed E-state index contributed by atoms with van der Waals surface area (Å²) in [5, 5.41) is 0. The number of alkyl halides is 1. The average Bonchev–Trinajstić information content (AvgIpc) is 2.39. The standard InChI is InChI=1S/C16H24ClNO/c1-11(2)14-5-4-12(3)8-15(14)19-16-10-18-7-6-13(16)9-17/h6-7,10-12,14-15H,4-5,8-9H2,1-3H3. The van der Waals surface area contributed by atoms with Crippen molar-refractivity contribution in [2.24, 2.45) is 17.8 Å². The highest BCUT2D eigenvalue weighted by atomic mass is 35.5. The molecule has 1 saturated carbocycles. The summed E-state index contributed by atoms with van der Waals surface area (Å²) >= 11 is 5.97. The molecular weight excluding hydrogens is 258 g/mol. The van der Waals surface area contributed by atoms with E-state index in [-0.39, 0.29) is 0 Å². The van der Waals surface area contributed by atoms with Crippen LogP contribution in [0.25, 0.3) is 0 Å². The molecule has 3 atom stereocenters. The van der Waals surface area contributed by atoms with Crippen LogP contribution in [0.4, 0.5) is 0 Å². The highest BCUT2D eigenvalue weighted by Gasteiger charge is 2.32. The van der Waals surface area contributed by atoms with Crippen molar-refractivity contribution in [1.82, 2.24) is 4.98 Å². The van der Waals surface area contributed by atoms with Crippen molar-refractivity contribution in [1.29, 1.82) is 0 Å². The van der Waals surface area contributed by atoms with Crippen LogP contribution in [0.3, 0.4) is 0 Å². The number of rotatable bonds is 4. The van der Waals surface area contributed by atoms with Crippen LogP contribution in [0.2, 0.25) is 0 Å². The van der Waals surface area contributed by atoms with Crippen LogP contribution in [0, 0.1) is 17.8 Å². The summed E-state index contributed by atoms with van der Waals surface area (Å²) < 4.78 is 6.27. The normalized spacial score (nSPS) is 27.5. The largest absolute Gasteiger partial charge is 0.488 e. The van der Waals surface area contributed by atoms with Crippen molar-refractivity contribution in [3.8, 4) is 5.75 Å². The lowest BCUT2D eigenvalue weighted by atomic mass is 9.75. The van der Waals surface area contributed by atoms with E-state index in [2.05, 4.69) is 25.8 Å². The molecule has 2 nitrogen and oxygen atoms in total. The first-order valence-corrected chi connectivity index (χ1v) is 7.80. The van der Waals surface area contributed by atoms with Gasteiger partial charge < -0.3 is 4.74 Å². The molecule has 106 valence electrons. The van der Waals surface area contributed by atoms with Gasteiger partial charge in [0.2, 0.25) is 0 Å². The smallest absolute Gasteiger partial charge is 0.142 e. The quantitative estimate of drug-likeness (QED) is 0.749. The third-order valence-electron chi connectivity index (χ3n) is 4.25. The lowest BCUT2D eigenvalue weighted by molar-refractivity contribution is 0.0452. The number of hydrogen-bond acceptors (Lipinski definition) is 2. The van der Waals surface area contributed by atoms with Gasteiger partial charge in [-0.05, 0) is 36.7 Å². The Kier molecular flexibility index (Phi) is 5.09. The Labute approximate surface area is 121 Å². The minimum absolute atomic E-state index is 0.301. The molecule has 1 aromatic rings. The molecule has 3 unspecified atom stereocenters. The Hall–Kier alpha value is -0.760. The van der Waals surface area contributed by atoms with Crippen molar-refractivity contribution >= 4 is 11.6 Å². The van der Waals surface area contributed by atoms with E-state index < -0.39 is 0 Å². The van der Waals surface area contributed by atoms with Crippen molar-refractivity contribution in [3.63, 3.8) is 0 Å². The zero-order valence-electron chi connectivity index (χ0n) is 12.1. The van der Waals surface area contributed by atoms with Gasteiger partial charge >= 0.3 is 0 Å². The Morgan fingerprint density at radius 2 is 2.21 bits per heavy atom. The van der Waals surface area contributed by atoms with E-state index >= 15 is 0 Å². The van der Waals surface area contributed by atoms with E-state index in [1.165, 1.54) is 12.8 Å². The van der Waals surface area contributed by atoms with E-state index in [4.69, 9.17) is 16.3 Å². The Morgan fingerprint density at radius 1 is 1.42 bits per heavy atom. The zero-order valence-corrected chi connectivity index (χ0v) is 12.9. The van der Waals surface area contributed by atoms with Gasteiger partial charge in [0, 0.05) is 11.8 Å². The summed E-state index contributed by atoms with van der Waals surface area (Å²) in [6, 6.07) is 1.94. The molecule has 0 aliphatic heterocycles. The highest BCUT2D eigenvalue weighted by molar-refractivity contribution is 6.17. The molecule has 1 aliphatic carbocycles. The Balaban J connectivity index is 2.14. The van der Waals surface area contributed by atoms with Crippen LogP contribution >= 0.6 is 11.6 Å². The molecule has 2 rings (SSSR count). The first-order valence-electron chi connectivity index (χ1n) is 7.27. The van der Waals surface area contributed by atoms with Gasteiger partial charge in [0.1, 0.15) is 11.9 Å². The third-order valence-corrected chi connectivity index (χ3v) is 4.54. The topological polar surface area (TPSA) is 22.1 Å². The number of pyridine rings is 1. The summed E-state index contributed by atoms with van der Waals surface area (Å²) in [5.74, 6) is 3.39. The van der Waals surface area contributed by atoms with Crippen molar-refractivity contribution in [2.75, 3.05) is 0 Å². The van der Waals surface area contributed by atoms with Gasteiger partial charge in [-0.15, -0.1) is 11.6 Å². The van der Waals surface area contributed by atoms with E-state index in [1.54, 1.807) is 12.4 Å². The van der Waals surface area contributed by atoms with E-state index in [0.717, 1.165) is 23.7 Å². The fraction of sp³-hybridized carbons (Fsp3) is 0.688. The number of ether oxygens (including phenoxy) is 1. The van der Waals surface area contributed by atoms with E-state index in [1.807, 2.05) is 6.07 Å². The predicted octanol–water partition coefficient (Wildman–Crippen LogP) is 4.66. The van der Waals surface area contributed by atoms with E-state index in [9.17, 15) is 0 Å². The van der Waals surface area contributed by atoms with Crippen LogP contribution < -0.4 is 4.74 Å². The summed E-state index contributed by atoms with van der Waals surface area (Å²) in [7, 11) is 0. The molecule has 1 heterocycles. The first-order chi connectivity index (χ1) is 9.11. The lowest BCUT2D eigenvalue weighted by Gasteiger charge is -2.37. The molecule has 0 bridgehead atoms. The second kappa shape index (κ2) is 6.60. The first kappa shape index (κ1) is 14.6. The fourth-order valence-corrected chi connectivity index (χ4v) is 3.26. The molecule has 19 heavy (non-hydrogen) atoms. The maximum Gasteiger partial charge on any atom is 0.142 e. The fourth-order valence-electron chi connectivity index (χ4n) is 3.04. The highest BCUT2D eigenvalue weighted by Crippen LogP contribution is 2.36. The number of hydrogen-bond donors (Lipinski definition) is 0. The predicted molar refractivity (Wildman–Crippen MR) is 79.6 cm³/mol. The van der Waals surface area contributed by atoms with Gasteiger partial charge in [-0.25, -0.2) is 0 Å². The monoisotopic (exact) mass is 281 g/mol. The van der Waals surface area contributed by atoms with Gasteiger partial charge in [-0.1, -0.05) is 27.2 Å². The van der Waals surface area contributed by atoms with Crippen LogP contribution in [0.15, 0.2) is 18.5 Å². The molecule has 1 fully saturated rings. The SMILES string of the molecule is CC1CCC(C(C)C)C(Oc2cnccc2CCl)C1. The third kappa shape index (κ3) is 3.62. The molecule has 0 spiro atoms. The maximum absolute atomic E-state index is 6.27. The molecule has 0 N–H and O–H groups in total. The van der Waals surface area contributed by atoms with E-state index in [0.29, 0.717) is 23.8 Å². The van der Waals surface area contributed by atoms with Gasteiger partial charge in [-0.2, -0.15) is 0 Å². The van der Waals surface area contributed by atoms with Crippen LogP contribution in [-0.2, 0) is 5.88 Å². The summed E-state index contributed by atoms with van der Waals surface area (Å²) in [4.78, 5) is 4.16. The Morgan fingerprint density at radius 3 is 2.89 bits per heavy atom. The summed E-state index contributed by atoms with van der Waals surface area (Å²) in [6.07, 6.45) is 7.59. The summed E-state index contributed by atoms with van der Waals surface area (Å²) in [5.41, 5.74) is 1.04. The van der Waals surface area contributed by atoms with Gasteiger partial charge in [-0.3, -0.25) is 4.98 Å². The summed E-state index contributed by atoms with van der Waals surface area (Å²) in [6.45, 7) is 6.91. The minimum atomic E-state index is 0.301. The number of nitrogens with zero attached hydrogens (tertiary/aromatic N) is 1. The van der Waals surface area contributed by atoms with Crippen LogP contribution in [-0.4, -0.2) is 11.1 Å². The molecular formula is C16H24ClNO. The van der Waals surface area contributed by atoms with Crippen molar-refractivity contribution in [2.45, 2.75) is 52.0 Å². The number of halogens is 1. The van der Waals surface area contributed by atoms with Crippen LogP contribution in [0.5, 0.6) is 5.75 Å². The molecule has 0 saturated heterocycles. The molecule has 0 radical (unpaired) electrons. The van der Waals surface area contributed by atoms with Gasteiger partial charge in [0.05, 0.1) is 12.1 Å². The van der Waals surface area contributed by atoms with Crippen LogP contribution in [0.1, 0.15) is 45.6 Å². The van der Waals surface area contributed by atoms with Crippen molar-refractivity contribution in [3.05, 3.63) is 24.0 Å². The zero-order chi connectivity index (χ0) is 13.8. The average molecular weight is 282 g/mol. The second-order valence-electron chi connectivity index (χ2n) is 6.10. The Bertz CT molecular complexity index is 407. The molecule has 1 aliphatic rings. The minimum Gasteiger partial charge on any atom is -0.488 e. The molecule has 0 amide bonds. The maximum atomic E-state index is 6.27. The lowest BCUT2D eigenvalue weighted by Crippen LogP contribution is -2.36.